The fraction of sp³-hybridized carbons (Fsp3) is 0.294. The highest BCUT2D eigenvalue weighted by Gasteiger charge is 2.14. The summed E-state index contributed by atoms with van der Waals surface area (Å²) >= 11 is 6.08. The minimum Gasteiger partial charge on any atom is -0.494 e. The van der Waals surface area contributed by atoms with Crippen molar-refractivity contribution in [2.45, 2.75) is 19.4 Å². The van der Waals surface area contributed by atoms with Crippen molar-refractivity contribution in [2.75, 3.05) is 14.2 Å². The van der Waals surface area contributed by atoms with Gasteiger partial charge in [-0.25, -0.2) is 4.39 Å². The second kappa shape index (κ2) is 6.92. The SMILES string of the molecule is CNC(Cc1ccc(OC)c(F)c1)c1cc(Cl)ccc1C. The number of methoxy groups -OCH3 is 1. The summed E-state index contributed by atoms with van der Waals surface area (Å²) in [6, 6.07) is 11.0. The van der Waals surface area contributed by atoms with Crippen LogP contribution in [0.2, 0.25) is 5.02 Å². The molecule has 0 heterocycles. The van der Waals surface area contributed by atoms with Gasteiger partial charge in [-0.05, 0) is 61.3 Å². The molecule has 2 rings (SSSR count). The molecule has 0 saturated carbocycles. The maximum atomic E-state index is 13.8. The third kappa shape index (κ3) is 3.74. The standard InChI is InChI=1S/C17H19ClFNO/c1-11-4-6-13(18)10-14(11)16(20-2)9-12-5-7-17(21-3)15(19)8-12/h4-8,10,16,20H,9H2,1-3H3. The first kappa shape index (κ1) is 15.8. The van der Waals surface area contributed by atoms with Crippen molar-refractivity contribution >= 4 is 11.6 Å². The first-order chi connectivity index (χ1) is 10.0. The fourth-order valence-corrected chi connectivity index (χ4v) is 2.61. The maximum absolute atomic E-state index is 13.8. The maximum Gasteiger partial charge on any atom is 0.165 e. The van der Waals surface area contributed by atoms with Gasteiger partial charge < -0.3 is 10.1 Å². The first-order valence-electron chi connectivity index (χ1n) is 6.81. The van der Waals surface area contributed by atoms with Crippen LogP contribution >= 0.6 is 11.6 Å². The number of hydrogen-bond acceptors (Lipinski definition) is 2. The number of rotatable bonds is 5. The molecule has 4 heteroatoms. The molecule has 0 aromatic heterocycles. The zero-order valence-corrected chi connectivity index (χ0v) is 13.2. The lowest BCUT2D eigenvalue weighted by Gasteiger charge is -2.19. The number of aryl methyl sites for hydroxylation is 1. The van der Waals surface area contributed by atoms with Gasteiger partial charge in [-0.1, -0.05) is 23.7 Å². The molecule has 2 nitrogen and oxygen atoms in total. The van der Waals surface area contributed by atoms with E-state index >= 15 is 0 Å². The lowest BCUT2D eigenvalue weighted by atomic mass is 9.95. The molecule has 0 aliphatic rings. The number of ether oxygens (including phenoxy) is 1. The lowest BCUT2D eigenvalue weighted by Crippen LogP contribution is -2.20. The smallest absolute Gasteiger partial charge is 0.165 e. The topological polar surface area (TPSA) is 21.3 Å². The Kier molecular flexibility index (Phi) is 5.21. The molecule has 112 valence electrons. The molecule has 0 amide bonds. The summed E-state index contributed by atoms with van der Waals surface area (Å²) in [5, 5.41) is 3.98. The van der Waals surface area contributed by atoms with Crippen LogP contribution in [0.25, 0.3) is 0 Å². The summed E-state index contributed by atoms with van der Waals surface area (Å²) in [7, 11) is 3.36. The van der Waals surface area contributed by atoms with Gasteiger partial charge in [0.05, 0.1) is 7.11 Å². The Morgan fingerprint density at radius 2 is 2.00 bits per heavy atom. The van der Waals surface area contributed by atoms with Crippen molar-refractivity contribution in [3.8, 4) is 5.75 Å². The summed E-state index contributed by atoms with van der Waals surface area (Å²) in [4.78, 5) is 0. The quantitative estimate of drug-likeness (QED) is 0.889. The first-order valence-corrected chi connectivity index (χ1v) is 7.18. The molecule has 1 N–H and O–H groups in total. The number of halogens is 2. The van der Waals surface area contributed by atoms with Crippen LogP contribution in [-0.4, -0.2) is 14.2 Å². The third-order valence-corrected chi connectivity index (χ3v) is 3.86. The van der Waals surface area contributed by atoms with E-state index in [1.54, 1.807) is 6.07 Å². The molecule has 1 atom stereocenters. The highest BCUT2D eigenvalue weighted by Crippen LogP contribution is 2.26. The third-order valence-electron chi connectivity index (χ3n) is 3.62. The van der Waals surface area contributed by atoms with E-state index in [1.165, 1.54) is 13.2 Å². The van der Waals surface area contributed by atoms with Gasteiger partial charge in [0.1, 0.15) is 0 Å². The molecule has 0 aliphatic carbocycles. The van der Waals surface area contributed by atoms with Crippen molar-refractivity contribution in [3.05, 3.63) is 63.9 Å². The number of benzene rings is 2. The molecular weight excluding hydrogens is 289 g/mol. The Labute approximate surface area is 129 Å². The highest BCUT2D eigenvalue weighted by atomic mass is 35.5. The predicted molar refractivity (Wildman–Crippen MR) is 84.6 cm³/mol. The van der Waals surface area contributed by atoms with Gasteiger partial charge in [-0.2, -0.15) is 0 Å². The molecule has 21 heavy (non-hydrogen) atoms. The van der Waals surface area contributed by atoms with Gasteiger partial charge in [0.25, 0.3) is 0 Å². The average molecular weight is 308 g/mol. The van der Waals surface area contributed by atoms with Crippen LogP contribution in [0, 0.1) is 12.7 Å². The molecule has 0 saturated heterocycles. The number of nitrogens with one attached hydrogen (secondary N) is 1. The van der Waals surface area contributed by atoms with Crippen molar-refractivity contribution in [1.29, 1.82) is 0 Å². The molecule has 0 fully saturated rings. The van der Waals surface area contributed by atoms with Gasteiger partial charge in [-0.15, -0.1) is 0 Å². The van der Waals surface area contributed by atoms with Crippen LogP contribution in [0.15, 0.2) is 36.4 Å². The summed E-state index contributed by atoms with van der Waals surface area (Å²) < 4.78 is 18.7. The number of hydrogen-bond donors (Lipinski definition) is 1. The summed E-state index contributed by atoms with van der Waals surface area (Å²) in [5.41, 5.74) is 3.20. The van der Waals surface area contributed by atoms with Crippen LogP contribution in [0.5, 0.6) is 5.75 Å². The van der Waals surface area contributed by atoms with Gasteiger partial charge in [0.15, 0.2) is 11.6 Å². The molecule has 0 radical (unpaired) electrons. The highest BCUT2D eigenvalue weighted by molar-refractivity contribution is 6.30. The normalized spacial score (nSPS) is 12.2. The summed E-state index contributed by atoms with van der Waals surface area (Å²) in [6.45, 7) is 2.05. The van der Waals surface area contributed by atoms with E-state index in [1.807, 2.05) is 38.2 Å². The largest absolute Gasteiger partial charge is 0.494 e. The average Bonchev–Trinajstić information content (AvgIpc) is 2.47. The van der Waals surface area contributed by atoms with E-state index in [0.29, 0.717) is 11.4 Å². The second-order valence-electron chi connectivity index (χ2n) is 5.02. The Bertz CT molecular complexity index is 630. The van der Waals surface area contributed by atoms with E-state index in [2.05, 4.69) is 5.32 Å². The van der Waals surface area contributed by atoms with Crippen LogP contribution in [-0.2, 0) is 6.42 Å². The molecule has 1 unspecified atom stereocenters. The van der Waals surface area contributed by atoms with E-state index in [9.17, 15) is 4.39 Å². The minimum atomic E-state index is -0.340. The van der Waals surface area contributed by atoms with E-state index in [-0.39, 0.29) is 17.6 Å². The Hall–Kier alpha value is -1.58. The van der Waals surface area contributed by atoms with Crippen LogP contribution in [0.1, 0.15) is 22.7 Å². The monoisotopic (exact) mass is 307 g/mol. The zero-order valence-electron chi connectivity index (χ0n) is 12.4. The molecular formula is C17H19ClFNO. The van der Waals surface area contributed by atoms with Gasteiger partial charge in [-0.3, -0.25) is 0 Å². The van der Waals surface area contributed by atoms with Gasteiger partial charge >= 0.3 is 0 Å². The molecule has 2 aromatic rings. The Morgan fingerprint density at radius 1 is 1.24 bits per heavy atom. The van der Waals surface area contributed by atoms with Crippen LogP contribution in [0.4, 0.5) is 4.39 Å². The van der Waals surface area contributed by atoms with E-state index in [4.69, 9.17) is 16.3 Å². The minimum absolute atomic E-state index is 0.0801. The molecule has 0 aliphatic heterocycles. The van der Waals surface area contributed by atoms with Crippen molar-refractivity contribution in [1.82, 2.24) is 5.32 Å². The van der Waals surface area contributed by atoms with Gasteiger partial charge in [0.2, 0.25) is 0 Å². The van der Waals surface area contributed by atoms with E-state index in [0.717, 1.165) is 16.7 Å². The molecule has 2 aromatic carbocycles. The number of likely N-dealkylation sites (N-methyl/N-ethyl adjacent to an activating group) is 1. The predicted octanol–water partition coefficient (Wildman–Crippen LogP) is 4.30. The molecule has 0 spiro atoms. The zero-order chi connectivity index (χ0) is 15.4. The lowest BCUT2D eigenvalue weighted by molar-refractivity contribution is 0.386. The second-order valence-corrected chi connectivity index (χ2v) is 5.45. The Balaban J connectivity index is 2.26. The Morgan fingerprint density at radius 3 is 2.62 bits per heavy atom. The van der Waals surface area contributed by atoms with Crippen molar-refractivity contribution in [3.63, 3.8) is 0 Å². The van der Waals surface area contributed by atoms with Gasteiger partial charge in [0, 0.05) is 11.1 Å². The van der Waals surface area contributed by atoms with Crippen molar-refractivity contribution < 1.29 is 9.13 Å². The molecule has 0 bridgehead atoms. The fourth-order valence-electron chi connectivity index (χ4n) is 2.43. The summed E-state index contributed by atoms with van der Waals surface area (Å²) in [5.74, 6) is -0.0774. The summed E-state index contributed by atoms with van der Waals surface area (Å²) in [6.07, 6.45) is 0.679. The van der Waals surface area contributed by atoms with Crippen LogP contribution in [0.3, 0.4) is 0 Å². The van der Waals surface area contributed by atoms with Crippen LogP contribution < -0.4 is 10.1 Å². The van der Waals surface area contributed by atoms with Crippen molar-refractivity contribution in [2.24, 2.45) is 0 Å². The van der Waals surface area contributed by atoms with E-state index < -0.39 is 0 Å².